The number of benzene rings is 2. The highest BCUT2D eigenvalue weighted by atomic mass is 16.5. The van der Waals surface area contributed by atoms with Crippen molar-refractivity contribution < 1.29 is 9.53 Å². The van der Waals surface area contributed by atoms with Crippen LogP contribution < -0.4 is 10.1 Å². The monoisotopic (exact) mass is 318 g/mol. The first-order chi connectivity index (χ1) is 11.8. The highest BCUT2D eigenvalue weighted by Crippen LogP contribution is 2.22. The smallest absolute Gasteiger partial charge is 0.253 e. The molecule has 0 saturated carbocycles. The first-order valence-electron chi connectivity index (χ1n) is 7.68. The summed E-state index contributed by atoms with van der Waals surface area (Å²) in [7, 11) is 1.63. The van der Waals surface area contributed by atoms with Crippen LogP contribution >= 0.6 is 0 Å². The molecule has 2 aromatic carbocycles. The summed E-state index contributed by atoms with van der Waals surface area (Å²) in [5.74, 6) is 0.658. The molecular weight excluding hydrogens is 300 g/mol. The van der Waals surface area contributed by atoms with Crippen molar-refractivity contribution in [1.82, 2.24) is 10.3 Å². The summed E-state index contributed by atoms with van der Waals surface area (Å²) >= 11 is 0. The fraction of sp³-hybridized carbons (Fsp3) is 0.100. The Labute approximate surface area is 141 Å². The average Bonchev–Trinajstić information content (AvgIpc) is 2.67. The predicted molar refractivity (Wildman–Crippen MR) is 93.8 cm³/mol. The third kappa shape index (κ3) is 3.79. The second-order valence-corrected chi connectivity index (χ2v) is 5.36. The summed E-state index contributed by atoms with van der Waals surface area (Å²) in [6.07, 6.45) is 3.32. The molecule has 4 heteroatoms. The van der Waals surface area contributed by atoms with E-state index in [-0.39, 0.29) is 5.91 Å². The van der Waals surface area contributed by atoms with Gasteiger partial charge in [0.15, 0.2) is 0 Å². The molecule has 1 amide bonds. The Bertz CT molecular complexity index is 815. The second kappa shape index (κ2) is 7.42. The number of hydrogen-bond acceptors (Lipinski definition) is 3. The van der Waals surface area contributed by atoms with Gasteiger partial charge >= 0.3 is 0 Å². The highest BCUT2D eigenvalue weighted by Gasteiger charge is 2.08. The van der Waals surface area contributed by atoms with Crippen LogP contribution in [0.4, 0.5) is 0 Å². The van der Waals surface area contributed by atoms with Gasteiger partial charge in [0.1, 0.15) is 5.75 Å². The van der Waals surface area contributed by atoms with E-state index in [0.29, 0.717) is 12.1 Å². The van der Waals surface area contributed by atoms with E-state index in [1.807, 2.05) is 60.7 Å². The van der Waals surface area contributed by atoms with Crippen molar-refractivity contribution in [2.45, 2.75) is 6.54 Å². The molecule has 1 heterocycles. The number of aromatic nitrogens is 1. The van der Waals surface area contributed by atoms with Crippen molar-refractivity contribution in [2.24, 2.45) is 0 Å². The Balaban J connectivity index is 1.73. The molecule has 1 N–H and O–H groups in total. The standard InChI is InChI=1S/C20H18N2O2/c1-24-19-9-7-16(8-10-19)17-11-18(14-21-13-17)20(23)22-12-15-5-3-2-4-6-15/h2-11,13-14H,12H2,1H3,(H,22,23). The topological polar surface area (TPSA) is 51.2 Å². The summed E-state index contributed by atoms with van der Waals surface area (Å²) in [4.78, 5) is 16.5. The van der Waals surface area contributed by atoms with Crippen LogP contribution in [0.15, 0.2) is 73.1 Å². The molecule has 0 spiro atoms. The lowest BCUT2D eigenvalue weighted by Gasteiger charge is -2.07. The van der Waals surface area contributed by atoms with Crippen molar-refractivity contribution in [2.75, 3.05) is 7.11 Å². The molecule has 0 atom stereocenters. The maximum Gasteiger partial charge on any atom is 0.253 e. The lowest BCUT2D eigenvalue weighted by Crippen LogP contribution is -2.22. The number of methoxy groups -OCH3 is 1. The molecule has 1 aromatic heterocycles. The molecule has 0 radical (unpaired) electrons. The Morgan fingerprint density at radius 2 is 1.75 bits per heavy atom. The molecule has 0 saturated heterocycles. The maximum absolute atomic E-state index is 12.3. The van der Waals surface area contributed by atoms with Crippen molar-refractivity contribution in [1.29, 1.82) is 0 Å². The SMILES string of the molecule is COc1ccc(-c2cncc(C(=O)NCc3ccccc3)c2)cc1. The van der Waals surface area contributed by atoms with Gasteiger partial charge < -0.3 is 10.1 Å². The van der Waals surface area contributed by atoms with Gasteiger partial charge in [-0.3, -0.25) is 9.78 Å². The molecule has 0 aliphatic carbocycles. The van der Waals surface area contributed by atoms with Gasteiger partial charge in [0.2, 0.25) is 0 Å². The molecule has 0 bridgehead atoms. The van der Waals surface area contributed by atoms with Gasteiger partial charge in [-0.2, -0.15) is 0 Å². The van der Waals surface area contributed by atoms with E-state index >= 15 is 0 Å². The van der Waals surface area contributed by atoms with Gasteiger partial charge in [0, 0.05) is 24.5 Å². The number of amides is 1. The third-order valence-corrected chi connectivity index (χ3v) is 3.72. The Morgan fingerprint density at radius 3 is 2.46 bits per heavy atom. The largest absolute Gasteiger partial charge is 0.497 e. The van der Waals surface area contributed by atoms with Crippen LogP contribution in [0.3, 0.4) is 0 Å². The lowest BCUT2D eigenvalue weighted by atomic mass is 10.1. The van der Waals surface area contributed by atoms with Gasteiger partial charge in [-0.1, -0.05) is 42.5 Å². The van der Waals surface area contributed by atoms with E-state index in [9.17, 15) is 4.79 Å². The van der Waals surface area contributed by atoms with Gasteiger partial charge in [-0.15, -0.1) is 0 Å². The molecule has 3 aromatic rings. The van der Waals surface area contributed by atoms with Crippen LogP contribution in [0, 0.1) is 0 Å². The van der Waals surface area contributed by atoms with Crippen LogP contribution in [-0.4, -0.2) is 18.0 Å². The zero-order valence-electron chi connectivity index (χ0n) is 13.4. The van der Waals surface area contributed by atoms with E-state index in [1.165, 1.54) is 0 Å². The molecule has 0 unspecified atom stereocenters. The molecule has 3 rings (SSSR count). The van der Waals surface area contributed by atoms with E-state index in [2.05, 4.69) is 10.3 Å². The van der Waals surface area contributed by atoms with Gasteiger partial charge in [-0.05, 0) is 29.3 Å². The number of pyridine rings is 1. The first-order valence-corrected chi connectivity index (χ1v) is 7.68. The minimum atomic E-state index is -0.137. The summed E-state index contributed by atoms with van der Waals surface area (Å²) in [6.45, 7) is 0.492. The number of nitrogens with one attached hydrogen (secondary N) is 1. The van der Waals surface area contributed by atoms with Crippen LogP contribution in [0.2, 0.25) is 0 Å². The number of hydrogen-bond donors (Lipinski definition) is 1. The van der Waals surface area contributed by atoms with Crippen molar-refractivity contribution in [3.05, 3.63) is 84.2 Å². The van der Waals surface area contributed by atoms with E-state index in [4.69, 9.17) is 4.74 Å². The Kier molecular flexibility index (Phi) is 4.87. The van der Waals surface area contributed by atoms with Crippen molar-refractivity contribution in [3.8, 4) is 16.9 Å². The molecule has 0 aliphatic heterocycles. The van der Waals surface area contributed by atoms with Gasteiger partial charge in [-0.25, -0.2) is 0 Å². The fourth-order valence-electron chi connectivity index (χ4n) is 2.39. The lowest BCUT2D eigenvalue weighted by molar-refractivity contribution is 0.0950. The molecule has 0 fully saturated rings. The van der Waals surface area contributed by atoms with Crippen molar-refractivity contribution >= 4 is 5.91 Å². The average molecular weight is 318 g/mol. The first kappa shape index (κ1) is 15.7. The number of carbonyl (C=O) groups excluding carboxylic acids is 1. The number of carbonyl (C=O) groups is 1. The molecule has 0 aliphatic rings. The van der Waals surface area contributed by atoms with E-state index < -0.39 is 0 Å². The van der Waals surface area contributed by atoms with Crippen LogP contribution in [0.5, 0.6) is 5.75 Å². The third-order valence-electron chi connectivity index (χ3n) is 3.72. The van der Waals surface area contributed by atoms with Gasteiger partial charge in [0.05, 0.1) is 12.7 Å². The number of rotatable bonds is 5. The zero-order chi connectivity index (χ0) is 16.8. The van der Waals surface area contributed by atoms with Crippen LogP contribution in [0.25, 0.3) is 11.1 Å². The van der Waals surface area contributed by atoms with E-state index in [0.717, 1.165) is 22.4 Å². The minimum Gasteiger partial charge on any atom is -0.497 e. The van der Waals surface area contributed by atoms with Crippen LogP contribution in [-0.2, 0) is 6.54 Å². The van der Waals surface area contributed by atoms with Gasteiger partial charge in [0.25, 0.3) is 5.91 Å². The van der Waals surface area contributed by atoms with E-state index in [1.54, 1.807) is 19.5 Å². The Hall–Kier alpha value is -3.14. The van der Waals surface area contributed by atoms with Crippen LogP contribution in [0.1, 0.15) is 15.9 Å². The molecule has 24 heavy (non-hydrogen) atoms. The number of nitrogens with zero attached hydrogens (tertiary/aromatic N) is 1. The summed E-state index contributed by atoms with van der Waals surface area (Å²) < 4.78 is 5.16. The predicted octanol–water partition coefficient (Wildman–Crippen LogP) is 3.69. The molecule has 120 valence electrons. The summed E-state index contributed by atoms with van der Waals surface area (Å²) in [5, 5.41) is 2.91. The second-order valence-electron chi connectivity index (χ2n) is 5.36. The molecule has 4 nitrogen and oxygen atoms in total. The summed E-state index contributed by atoms with van der Waals surface area (Å²) in [6, 6.07) is 19.3. The fourth-order valence-corrected chi connectivity index (χ4v) is 2.39. The zero-order valence-corrected chi connectivity index (χ0v) is 13.4. The molecular formula is C20H18N2O2. The summed E-state index contributed by atoms with van der Waals surface area (Å²) in [5.41, 5.74) is 3.48. The number of ether oxygens (including phenoxy) is 1. The highest BCUT2D eigenvalue weighted by molar-refractivity contribution is 5.95. The maximum atomic E-state index is 12.3. The Morgan fingerprint density at radius 1 is 1.00 bits per heavy atom. The van der Waals surface area contributed by atoms with Crippen molar-refractivity contribution in [3.63, 3.8) is 0 Å². The minimum absolute atomic E-state index is 0.137. The normalized spacial score (nSPS) is 10.2. The quantitative estimate of drug-likeness (QED) is 0.780.